The summed E-state index contributed by atoms with van der Waals surface area (Å²) in [6.07, 6.45) is 0. The van der Waals surface area contributed by atoms with Gasteiger partial charge in [0.2, 0.25) is 5.91 Å². The van der Waals surface area contributed by atoms with E-state index in [1.54, 1.807) is 21.2 Å². The van der Waals surface area contributed by atoms with Crippen LogP contribution in [0.1, 0.15) is 11.1 Å². The quantitative estimate of drug-likeness (QED) is 0.565. The highest BCUT2D eigenvalue weighted by atomic mass is 35.5. The largest absolute Gasteiger partial charge is 0.497 e. The number of ether oxygens (including phenoxy) is 1. The molecule has 0 aliphatic rings. The molecule has 144 valence electrons. The van der Waals surface area contributed by atoms with Crippen molar-refractivity contribution in [3.05, 3.63) is 64.7 Å². The van der Waals surface area contributed by atoms with E-state index in [0.29, 0.717) is 24.1 Å². The number of aliphatic imine (C=N–C) groups is 1. The Morgan fingerprint density at radius 2 is 1.85 bits per heavy atom. The number of amides is 1. The Bertz CT molecular complexity index is 776. The van der Waals surface area contributed by atoms with Gasteiger partial charge in [-0.2, -0.15) is 0 Å². The van der Waals surface area contributed by atoms with Gasteiger partial charge in [-0.3, -0.25) is 4.79 Å². The van der Waals surface area contributed by atoms with Gasteiger partial charge in [0.25, 0.3) is 0 Å². The van der Waals surface area contributed by atoms with Crippen LogP contribution in [0, 0.1) is 0 Å². The topological polar surface area (TPSA) is 66.0 Å². The fourth-order valence-electron chi connectivity index (χ4n) is 2.23. The van der Waals surface area contributed by atoms with E-state index in [-0.39, 0.29) is 12.5 Å². The molecule has 0 aromatic heterocycles. The maximum atomic E-state index is 11.9. The first-order chi connectivity index (χ1) is 13.0. The molecule has 2 aromatic rings. The summed E-state index contributed by atoms with van der Waals surface area (Å²) in [5.41, 5.74) is 2.07. The Morgan fingerprint density at radius 1 is 1.11 bits per heavy atom. The minimum Gasteiger partial charge on any atom is -0.497 e. The van der Waals surface area contributed by atoms with Crippen LogP contribution in [0.5, 0.6) is 5.75 Å². The molecule has 6 nitrogen and oxygen atoms in total. The fourth-order valence-corrected chi connectivity index (χ4v) is 2.44. The number of methoxy groups -OCH3 is 1. The molecule has 1 amide bonds. The molecule has 2 rings (SSSR count). The van der Waals surface area contributed by atoms with Crippen molar-refractivity contribution in [1.82, 2.24) is 15.5 Å². The number of carbonyl (C=O) groups excluding carboxylic acids is 1. The van der Waals surface area contributed by atoms with Crippen LogP contribution in [-0.4, -0.2) is 44.5 Å². The van der Waals surface area contributed by atoms with E-state index in [9.17, 15) is 4.79 Å². The number of hydrogen-bond acceptors (Lipinski definition) is 3. The molecule has 0 aliphatic heterocycles. The van der Waals surface area contributed by atoms with Crippen molar-refractivity contribution in [2.45, 2.75) is 13.1 Å². The van der Waals surface area contributed by atoms with Crippen LogP contribution in [0.15, 0.2) is 53.5 Å². The lowest BCUT2D eigenvalue weighted by atomic mass is 10.2. The molecule has 27 heavy (non-hydrogen) atoms. The monoisotopic (exact) mass is 388 g/mol. The molecule has 0 saturated carbocycles. The van der Waals surface area contributed by atoms with Gasteiger partial charge in [-0.25, -0.2) is 4.99 Å². The summed E-state index contributed by atoms with van der Waals surface area (Å²) in [4.78, 5) is 17.9. The molecule has 0 saturated heterocycles. The van der Waals surface area contributed by atoms with Gasteiger partial charge >= 0.3 is 0 Å². The molecule has 0 atom stereocenters. The van der Waals surface area contributed by atoms with Crippen LogP contribution >= 0.6 is 11.6 Å². The van der Waals surface area contributed by atoms with E-state index in [4.69, 9.17) is 16.3 Å². The van der Waals surface area contributed by atoms with Crippen molar-refractivity contribution in [3.8, 4) is 5.75 Å². The Labute approximate surface area is 165 Å². The Hall–Kier alpha value is -2.73. The van der Waals surface area contributed by atoms with Crippen LogP contribution in [0.25, 0.3) is 0 Å². The average molecular weight is 389 g/mol. The number of halogens is 1. The second kappa shape index (κ2) is 10.4. The van der Waals surface area contributed by atoms with Gasteiger partial charge in [-0.05, 0) is 35.4 Å². The van der Waals surface area contributed by atoms with Gasteiger partial charge in [-0.1, -0.05) is 35.9 Å². The van der Waals surface area contributed by atoms with E-state index in [1.807, 2.05) is 48.5 Å². The second-order valence-corrected chi connectivity index (χ2v) is 6.57. The maximum Gasteiger partial charge on any atom is 0.241 e. The summed E-state index contributed by atoms with van der Waals surface area (Å²) < 4.78 is 5.17. The van der Waals surface area contributed by atoms with Crippen molar-refractivity contribution < 1.29 is 9.53 Å². The number of likely N-dealkylation sites (N-methyl/N-ethyl adjacent to an activating group) is 1. The van der Waals surface area contributed by atoms with Crippen LogP contribution in [0.3, 0.4) is 0 Å². The molecule has 0 aliphatic carbocycles. The molecule has 0 unspecified atom stereocenters. The first-order valence-corrected chi connectivity index (χ1v) is 8.95. The van der Waals surface area contributed by atoms with Crippen molar-refractivity contribution in [1.29, 1.82) is 0 Å². The number of benzene rings is 2. The maximum absolute atomic E-state index is 11.9. The molecule has 0 heterocycles. The Kier molecular flexibility index (Phi) is 7.95. The molecule has 7 heteroatoms. The Morgan fingerprint density at radius 3 is 2.48 bits per heavy atom. The second-order valence-electron chi connectivity index (χ2n) is 6.14. The third kappa shape index (κ3) is 7.19. The molecule has 2 N–H and O–H groups in total. The molecule has 0 bridgehead atoms. The van der Waals surface area contributed by atoms with Crippen molar-refractivity contribution >= 4 is 23.5 Å². The lowest BCUT2D eigenvalue weighted by molar-refractivity contribution is -0.127. The third-order valence-corrected chi connectivity index (χ3v) is 4.07. The lowest BCUT2D eigenvalue weighted by Gasteiger charge is -2.15. The highest BCUT2D eigenvalue weighted by Gasteiger charge is 2.06. The predicted octanol–water partition coefficient (Wildman–Crippen LogP) is 2.67. The third-order valence-electron chi connectivity index (χ3n) is 3.83. The van der Waals surface area contributed by atoms with Gasteiger partial charge in [0, 0.05) is 25.7 Å². The molecular formula is C20H25ClN4O2. The fraction of sp³-hybridized carbons (Fsp3) is 0.300. The van der Waals surface area contributed by atoms with Crippen LogP contribution in [0.4, 0.5) is 0 Å². The SMILES string of the molecule is COc1ccc(CNC(=NCc2cccc(Cl)c2)NCC(=O)N(C)C)cc1. The zero-order chi connectivity index (χ0) is 19.6. The predicted molar refractivity (Wildman–Crippen MR) is 109 cm³/mol. The summed E-state index contributed by atoms with van der Waals surface area (Å²) in [6.45, 7) is 1.19. The highest BCUT2D eigenvalue weighted by molar-refractivity contribution is 6.30. The Balaban J connectivity index is 2.03. The smallest absolute Gasteiger partial charge is 0.241 e. The van der Waals surface area contributed by atoms with Gasteiger partial charge in [0.05, 0.1) is 20.2 Å². The van der Waals surface area contributed by atoms with Crippen LogP contribution in [0.2, 0.25) is 5.02 Å². The lowest BCUT2D eigenvalue weighted by Crippen LogP contribution is -2.42. The van der Waals surface area contributed by atoms with E-state index >= 15 is 0 Å². The highest BCUT2D eigenvalue weighted by Crippen LogP contribution is 2.12. The van der Waals surface area contributed by atoms with Crippen LogP contribution < -0.4 is 15.4 Å². The number of hydrogen-bond donors (Lipinski definition) is 2. The van der Waals surface area contributed by atoms with E-state index in [1.165, 1.54) is 4.90 Å². The minimum absolute atomic E-state index is 0.0308. The van der Waals surface area contributed by atoms with Gasteiger partial charge in [0.1, 0.15) is 5.75 Å². The first kappa shape index (κ1) is 20.6. The number of guanidine groups is 1. The van der Waals surface area contributed by atoms with Gasteiger partial charge in [0.15, 0.2) is 5.96 Å². The number of carbonyl (C=O) groups is 1. The summed E-state index contributed by atoms with van der Waals surface area (Å²) in [7, 11) is 5.08. The molecule has 2 aromatic carbocycles. The van der Waals surface area contributed by atoms with Crippen LogP contribution in [-0.2, 0) is 17.9 Å². The van der Waals surface area contributed by atoms with E-state index in [2.05, 4.69) is 15.6 Å². The molecule has 0 spiro atoms. The number of nitrogens with zero attached hydrogens (tertiary/aromatic N) is 2. The summed E-state index contributed by atoms with van der Waals surface area (Å²) in [5.74, 6) is 1.33. The van der Waals surface area contributed by atoms with E-state index < -0.39 is 0 Å². The first-order valence-electron chi connectivity index (χ1n) is 8.57. The average Bonchev–Trinajstić information content (AvgIpc) is 2.67. The summed E-state index contributed by atoms with van der Waals surface area (Å²) in [5, 5.41) is 6.99. The molecule has 0 fully saturated rings. The molecular weight excluding hydrogens is 364 g/mol. The zero-order valence-electron chi connectivity index (χ0n) is 15.8. The summed E-state index contributed by atoms with van der Waals surface area (Å²) in [6, 6.07) is 15.3. The van der Waals surface area contributed by atoms with Crippen molar-refractivity contribution in [3.63, 3.8) is 0 Å². The van der Waals surface area contributed by atoms with Gasteiger partial charge < -0.3 is 20.3 Å². The standard InChI is InChI=1S/C20H25ClN4O2/c1-25(2)19(26)14-24-20(23-13-16-5-4-6-17(21)11-16)22-12-15-7-9-18(27-3)10-8-15/h4-11H,12-14H2,1-3H3,(H2,22,23,24). The van der Waals surface area contributed by atoms with E-state index in [0.717, 1.165) is 16.9 Å². The van der Waals surface area contributed by atoms with Crippen molar-refractivity contribution in [2.75, 3.05) is 27.7 Å². The zero-order valence-corrected chi connectivity index (χ0v) is 16.6. The molecule has 0 radical (unpaired) electrons. The number of rotatable bonds is 7. The van der Waals surface area contributed by atoms with Crippen molar-refractivity contribution in [2.24, 2.45) is 4.99 Å². The summed E-state index contributed by atoms with van der Waals surface area (Å²) >= 11 is 6.02. The normalized spacial score (nSPS) is 11.0. The van der Waals surface area contributed by atoms with Gasteiger partial charge in [-0.15, -0.1) is 0 Å². The minimum atomic E-state index is -0.0308. The number of nitrogens with one attached hydrogen (secondary N) is 2.